The molecule has 4 heterocycles. The fourth-order valence-electron chi connectivity index (χ4n) is 4.17. The molecule has 0 saturated carbocycles. The molecule has 0 radical (unpaired) electrons. The molecule has 1 aromatic carbocycles. The molecule has 1 fully saturated rings. The van der Waals surface area contributed by atoms with Crippen molar-refractivity contribution < 1.29 is 31.6 Å². The first-order valence-electron chi connectivity index (χ1n) is 10.7. The number of pyridine rings is 1. The molecule has 2 aromatic heterocycles. The Morgan fingerprint density at radius 2 is 1.97 bits per heavy atom. The summed E-state index contributed by atoms with van der Waals surface area (Å²) < 4.78 is 72.5. The van der Waals surface area contributed by atoms with Gasteiger partial charge in [0.2, 0.25) is 5.91 Å². The highest BCUT2D eigenvalue weighted by Gasteiger charge is 2.62. The zero-order chi connectivity index (χ0) is 25.7. The molecule has 0 aliphatic carbocycles. The van der Waals surface area contributed by atoms with E-state index in [1.165, 1.54) is 34.1 Å². The molecule has 36 heavy (non-hydrogen) atoms. The van der Waals surface area contributed by atoms with E-state index in [9.17, 15) is 22.4 Å². The van der Waals surface area contributed by atoms with Crippen molar-refractivity contribution in [2.45, 2.75) is 30.4 Å². The second kappa shape index (κ2) is 8.54. The third-order valence-electron chi connectivity index (χ3n) is 6.22. The van der Waals surface area contributed by atoms with Gasteiger partial charge in [-0.2, -0.15) is 18.3 Å². The molecule has 1 amide bonds. The Morgan fingerprint density at radius 3 is 2.58 bits per heavy atom. The van der Waals surface area contributed by atoms with Gasteiger partial charge in [-0.05, 0) is 30.3 Å². The number of alkyl halides is 4. The molecule has 3 aromatic rings. The summed E-state index contributed by atoms with van der Waals surface area (Å²) in [6, 6.07) is 7.02. The number of aromatic nitrogens is 3. The van der Waals surface area contributed by atoms with Gasteiger partial charge >= 0.3 is 6.18 Å². The van der Waals surface area contributed by atoms with Gasteiger partial charge in [0.1, 0.15) is 12.4 Å². The lowest BCUT2D eigenvalue weighted by atomic mass is 9.86. The number of hydrogen-bond acceptors (Lipinski definition) is 5. The highest BCUT2D eigenvalue weighted by molar-refractivity contribution is 6.30. The maximum absolute atomic E-state index is 15.3. The van der Waals surface area contributed by atoms with E-state index in [0.717, 1.165) is 18.2 Å². The zero-order valence-electron chi connectivity index (χ0n) is 18.3. The van der Waals surface area contributed by atoms with Crippen LogP contribution in [0.1, 0.15) is 23.2 Å². The van der Waals surface area contributed by atoms with Crippen LogP contribution in [0.2, 0.25) is 5.02 Å². The lowest BCUT2D eigenvalue weighted by Gasteiger charge is -2.43. The molecule has 2 aliphatic heterocycles. The topological polar surface area (TPSA) is 72.6 Å². The van der Waals surface area contributed by atoms with Gasteiger partial charge in [0, 0.05) is 29.7 Å². The van der Waals surface area contributed by atoms with Gasteiger partial charge < -0.3 is 9.74 Å². The standard InChI is InChI=1S/C23H17ClF5N5O2/c24-16-8-15(3-4-17(16)25)22(23(27,28)29)9-18(32-36-22)14-2-5-19(30-10-14)21(26)12-33(13-21)20(35)11-34-7-1-6-31-34/h1-8,10H,9,11-13H2. The molecule has 0 N–H and O–H groups in total. The Hall–Kier alpha value is -3.54. The highest BCUT2D eigenvalue weighted by atomic mass is 35.5. The van der Waals surface area contributed by atoms with Gasteiger partial charge in [-0.1, -0.05) is 22.8 Å². The minimum Gasteiger partial charge on any atom is -0.374 e. The summed E-state index contributed by atoms with van der Waals surface area (Å²) in [6.45, 7) is -0.423. The zero-order valence-corrected chi connectivity index (χ0v) is 19.1. The van der Waals surface area contributed by atoms with Crippen LogP contribution >= 0.6 is 11.6 Å². The van der Waals surface area contributed by atoms with E-state index in [1.54, 1.807) is 12.3 Å². The number of nitrogens with zero attached hydrogens (tertiary/aromatic N) is 5. The van der Waals surface area contributed by atoms with Crippen molar-refractivity contribution in [1.29, 1.82) is 0 Å². The fourth-order valence-corrected chi connectivity index (χ4v) is 4.35. The normalized spacial score (nSPS) is 21.1. The van der Waals surface area contributed by atoms with Gasteiger partial charge in [-0.15, -0.1) is 0 Å². The Balaban J connectivity index is 1.29. The van der Waals surface area contributed by atoms with Crippen LogP contribution in [-0.2, 0) is 27.4 Å². The molecule has 1 unspecified atom stereocenters. The second-order valence-corrected chi connectivity index (χ2v) is 9.02. The Kier molecular flexibility index (Phi) is 5.73. The highest BCUT2D eigenvalue weighted by Crippen LogP contribution is 2.49. The third kappa shape index (κ3) is 4.08. The summed E-state index contributed by atoms with van der Waals surface area (Å²) in [7, 11) is 0. The van der Waals surface area contributed by atoms with Crippen molar-refractivity contribution in [1.82, 2.24) is 19.7 Å². The number of likely N-dealkylation sites (tertiary alicyclic amines) is 1. The van der Waals surface area contributed by atoms with E-state index >= 15 is 4.39 Å². The molecule has 0 spiro atoms. The molecular weight excluding hydrogens is 509 g/mol. The van der Waals surface area contributed by atoms with Crippen molar-refractivity contribution >= 4 is 23.2 Å². The largest absolute Gasteiger partial charge is 0.435 e. The smallest absolute Gasteiger partial charge is 0.374 e. The van der Waals surface area contributed by atoms with Gasteiger partial charge in [-0.25, -0.2) is 8.78 Å². The summed E-state index contributed by atoms with van der Waals surface area (Å²) in [5, 5.41) is 7.07. The minimum absolute atomic E-state index is 0.0184. The van der Waals surface area contributed by atoms with Gasteiger partial charge in [0.15, 0.2) is 5.67 Å². The molecular formula is C23H17ClF5N5O2. The van der Waals surface area contributed by atoms with Crippen LogP contribution in [0.3, 0.4) is 0 Å². The van der Waals surface area contributed by atoms with Crippen LogP contribution in [0.25, 0.3) is 0 Å². The quantitative estimate of drug-likeness (QED) is 0.464. The molecule has 1 saturated heterocycles. The first kappa shape index (κ1) is 24.2. The van der Waals surface area contributed by atoms with Crippen LogP contribution in [-0.4, -0.2) is 50.5 Å². The van der Waals surface area contributed by atoms with Gasteiger partial charge in [0.05, 0.1) is 35.9 Å². The summed E-state index contributed by atoms with van der Waals surface area (Å²) in [4.78, 5) is 22.6. The van der Waals surface area contributed by atoms with E-state index in [4.69, 9.17) is 16.4 Å². The Labute approximate surface area is 206 Å². The number of carbonyl (C=O) groups excluding carboxylic acids is 1. The predicted octanol–water partition coefficient (Wildman–Crippen LogP) is 4.36. The fraction of sp³-hybridized carbons (Fsp3) is 0.304. The molecule has 1 atom stereocenters. The van der Waals surface area contributed by atoms with E-state index < -0.39 is 40.3 Å². The lowest BCUT2D eigenvalue weighted by molar-refractivity contribution is -0.275. The molecule has 0 bridgehead atoms. The van der Waals surface area contributed by atoms with Crippen molar-refractivity contribution in [2.24, 2.45) is 5.16 Å². The minimum atomic E-state index is -4.89. The third-order valence-corrected chi connectivity index (χ3v) is 6.51. The number of oxime groups is 1. The van der Waals surface area contributed by atoms with Crippen molar-refractivity contribution in [3.8, 4) is 0 Å². The number of rotatable bonds is 5. The molecule has 13 heteroatoms. The Morgan fingerprint density at radius 1 is 1.19 bits per heavy atom. The summed E-state index contributed by atoms with van der Waals surface area (Å²) in [5.74, 6) is -1.17. The van der Waals surface area contributed by atoms with E-state index in [2.05, 4.69) is 15.2 Å². The predicted molar refractivity (Wildman–Crippen MR) is 117 cm³/mol. The first-order chi connectivity index (χ1) is 17.0. The number of benzene rings is 1. The maximum atomic E-state index is 15.3. The summed E-state index contributed by atoms with van der Waals surface area (Å²) in [5.41, 5.74) is -4.96. The van der Waals surface area contributed by atoms with Gasteiger partial charge in [0.25, 0.3) is 5.60 Å². The van der Waals surface area contributed by atoms with E-state index in [0.29, 0.717) is 0 Å². The van der Waals surface area contributed by atoms with Crippen molar-refractivity contribution in [2.75, 3.05) is 13.1 Å². The van der Waals surface area contributed by atoms with Gasteiger partial charge in [-0.3, -0.25) is 14.5 Å². The van der Waals surface area contributed by atoms with Crippen molar-refractivity contribution in [3.63, 3.8) is 0 Å². The summed E-state index contributed by atoms with van der Waals surface area (Å²) >= 11 is 5.69. The first-order valence-corrected chi connectivity index (χ1v) is 11.1. The van der Waals surface area contributed by atoms with Crippen LogP contribution < -0.4 is 0 Å². The number of hydrogen-bond donors (Lipinski definition) is 0. The SMILES string of the molecule is O=C(Cn1cccn1)N1CC(F)(c2ccc(C3=NOC(c4ccc(F)c(Cl)c4)(C(F)(F)F)C3)cn2)C1. The number of halogens is 6. The molecule has 7 nitrogen and oxygen atoms in total. The van der Waals surface area contributed by atoms with E-state index in [-0.39, 0.29) is 42.5 Å². The molecule has 188 valence electrons. The monoisotopic (exact) mass is 525 g/mol. The van der Waals surface area contributed by atoms with Crippen LogP contribution in [0.15, 0.2) is 60.1 Å². The van der Waals surface area contributed by atoms with E-state index in [1.807, 2.05) is 0 Å². The summed E-state index contributed by atoms with van der Waals surface area (Å²) in [6.07, 6.45) is -1.25. The number of carbonyl (C=O) groups is 1. The number of amides is 1. The maximum Gasteiger partial charge on any atom is 0.435 e. The second-order valence-electron chi connectivity index (χ2n) is 8.61. The molecule has 2 aliphatic rings. The van der Waals surface area contributed by atoms with Crippen molar-refractivity contribution in [3.05, 3.63) is 82.6 Å². The van der Waals surface area contributed by atoms with Crippen LogP contribution in [0, 0.1) is 5.82 Å². The average molecular weight is 526 g/mol. The average Bonchev–Trinajstić information content (AvgIpc) is 3.49. The van der Waals surface area contributed by atoms with Crippen LogP contribution in [0.4, 0.5) is 22.0 Å². The lowest BCUT2D eigenvalue weighted by Crippen LogP contribution is -2.59. The Bertz CT molecular complexity index is 1320. The molecule has 5 rings (SSSR count). The van der Waals surface area contributed by atoms with Crippen LogP contribution in [0.5, 0.6) is 0 Å².